The van der Waals surface area contributed by atoms with Crippen LogP contribution in [-0.4, -0.2) is 40.1 Å². The molecule has 0 fully saturated rings. The lowest BCUT2D eigenvalue weighted by atomic mass is 10.1. The molecule has 2 aromatic rings. The van der Waals surface area contributed by atoms with Crippen molar-refractivity contribution in [1.82, 2.24) is 14.8 Å². The number of nitrogens with one attached hydrogen (secondary N) is 1. The van der Waals surface area contributed by atoms with Gasteiger partial charge in [0.05, 0.1) is 12.4 Å². The van der Waals surface area contributed by atoms with Crippen molar-refractivity contribution >= 4 is 23.4 Å². The van der Waals surface area contributed by atoms with Crippen molar-refractivity contribution in [3.05, 3.63) is 35.7 Å². The highest BCUT2D eigenvalue weighted by atomic mass is 32.2. The third-order valence-corrected chi connectivity index (χ3v) is 4.75. The number of para-hydroxylation sites is 1. The van der Waals surface area contributed by atoms with Crippen molar-refractivity contribution in [1.29, 1.82) is 0 Å². The molecule has 0 radical (unpaired) electrons. The number of ether oxygens (including phenoxy) is 1. The maximum absolute atomic E-state index is 12.3. The monoisotopic (exact) mass is 362 g/mol. The van der Waals surface area contributed by atoms with E-state index in [9.17, 15) is 4.79 Å². The maximum Gasteiger partial charge on any atom is 0.234 e. The summed E-state index contributed by atoms with van der Waals surface area (Å²) in [4.78, 5) is 12.3. The van der Waals surface area contributed by atoms with E-state index in [2.05, 4.69) is 36.3 Å². The Bertz CT molecular complexity index is 700. The van der Waals surface area contributed by atoms with E-state index < -0.39 is 0 Å². The number of amides is 1. The number of hydrogen-bond acceptors (Lipinski definition) is 5. The lowest BCUT2D eigenvalue weighted by molar-refractivity contribution is -0.113. The molecule has 0 aliphatic heterocycles. The van der Waals surface area contributed by atoms with Crippen LogP contribution in [0.15, 0.2) is 29.4 Å². The maximum atomic E-state index is 12.3. The van der Waals surface area contributed by atoms with Gasteiger partial charge in [0.1, 0.15) is 5.82 Å². The first-order valence-corrected chi connectivity index (χ1v) is 9.48. The van der Waals surface area contributed by atoms with Crippen LogP contribution in [0.3, 0.4) is 0 Å². The summed E-state index contributed by atoms with van der Waals surface area (Å²) in [5.74, 6) is 1.43. The van der Waals surface area contributed by atoms with Gasteiger partial charge in [0.15, 0.2) is 5.16 Å². The molecule has 0 saturated heterocycles. The third kappa shape index (κ3) is 5.31. The number of benzene rings is 1. The van der Waals surface area contributed by atoms with Crippen LogP contribution in [0, 0.1) is 0 Å². The number of methoxy groups -OCH3 is 1. The number of nitrogens with zero attached hydrogens (tertiary/aromatic N) is 3. The number of thioether (sulfide) groups is 1. The van der Waals surface area contributed by atoms with Gasteiger partial charge in [-0.05, 0) is 18.1 Å². The highest BCUT2D eigenvalue weighted by Gasteiger charge is 2.16. The average molecular weight is 362 g/mol. The Balaban J connectivity index is 2.01. The lowest BCUT2D eigenvalue weighted by Crippen LogP contribution is -2.16. The second-order valence-electron chi connectivity index (χ2n) is 5.99. The van der Waals surface area contributed by atoms with Gasteiger partial charge in [0, 0.05) is 25.3 Å². The zero-order valence-corrected chi connectivity index (χ0v) is 16.1. The molecule has 0 bridgehead atoms. The highest BCUT2D eigenvalue weighted by Crippen LogP contribution is 2.22. The number of rotatable bonds is 9. The topological polar surface area (TPSA) is 69.0 Å². The van der Waals surface area contributed by atoms with Gasteiger partial charge in [-0.1, -0.05) is 50.7 Å². The Morgan fingerprint density at radius 3 is 2.76 bits per heavy atom. The van der Waals surface area contributed by atoms with Gasteiger partial charge in [-0.25, -0.2) is 0 Å². The molecular formula is C18H26N4O2S. The minimum atomic E-state index is -0.0433. The minimum absolute atomic E-state index is 0.0433. The summed E-state index contributed by atoms with van der Waals surface area (Å²) in [6.07, 6.45) is 0.882. The smallest absolute Gasteiger partial charge is 0.234 e. The van der Waals surface area contributed by atoms with E-state index in [-0.39, 0.29) is 11.8 Å². The predicted octanol–water partition coefficient (Wildman–Crippen LogP) is 3.34. The van der Waals surface area contributed by atoms with E-state index in [0.29, 0.717) is 18.9 Å². The fourth-order valence-electron chi connectivity index (χ4n) is 2.49. The van der Waals surface area contributed by atoms with Crippen LogP contribution in [-0.2, 0) is 22.5 Å². The molecule has 2 rings (SSSR count). The van der Waals surface area contributed by atoms with Crippen molar-refractivity contribution in [2.45, 2.75) is 44.8 Å². The third-order valence-electron chi connectivity index (χ3n) is 3.79. The molecule has 7 heteroatoms. The summed E-state index contributed by atoms with van der Waals surface area (Å²) in [5, 5.41) is 12.2. The van der Waals surface area contributed by atoms with Gasteiger partial charge in [-0.15, -0.1) is 10.2 Å². The summed E-state index contributed by atoms with van der Waals surface area (Å²) in [6.45, 7) is 7.50. The molecule has 0 spiro atoms. The number of carbonyl (C=O) groups excluding carboxylic acids is 1. The molecule has 1 aromatic carbocycles. The van der Waals surface area contributed by atoms with Gasteiger partial charge in [-0.3, -0.25) is 4.79 Å². The van der Waals surface area contributed by atoms with Crippen LogP contribution in [0.1, 0.15) is 38.1 Å². The van der Waals surface area contributed by atoms with E-state index in [1.54, 1.807) is 7.11 Å². The fraction of sp³-hybridized carbons (Fsp3) is 0.500. The Hall–Kier alpha value is -1.86. The molecule has 136 valence electrons. The summed E-state index contributed by atoms with van der Waals surface area (Å²) in [5.41, 5.74) is 2.01. The van der Waals surface area contributed by atoms with Crippen LogP contribution in [0.5, 0.6) is 0 Å². The first-order valence-electron chi connectivity index (χ1n) is 8.49. The normalized spacial score (nSPS) is 11.1. The zero-order chi connectivity index (χ0) is 18.2. The Kier molecular flexibility index (Phi) is 7.46. The van der Waals surface area contributed by atoms with Gasteiger partial charge < -0.3 is 14.6 Å². The molecular weight excluding hydrogens is 336 g/mol. The molecule has 0 atom stereocenters. The molecule has 0 aliphatic rings. The van der Waals surface area contributed by atoms with Crippen LogP contribution >= 0.6 is 11.8 Å². The molecule has 6 nitrogen and oxygen atoms in total. The zero-order valence-electron chi connectivity index (χ0n) is 15.3. The Morgan fingerprint density at radius 1 is 1.32 bits per heavy atom. The summed E-state index contributed by atoms with van der Waals surface area (Å²) >= 11 is 1.40. The largest absolute Gasteiger partial charge is 0.383 e. The number of anilines is 1. The molecule has 1 aromatic heterocycles. The molecule has 0 unspecified atom stereocenters. The second kappa shape index (κ2) is 9.58. The first kappa shape index (κ1) is 19.5. The fourth-order valence-corrected chi connectivity index (χ4v) is 3.27. The van der Waals surface area contributed by atoms with Gasteiger partial charge in [0.25, 0.3) is 0 Å². The van der Waals surface area contributed by atoms with Crippen molar-refractivity contribution in [3.8, 4) is 0 Å². The van der Waals surface area contributed by atoms with Crippen molar-refractivity contribution in [2.75, 3.05) is 24.8 Å². The Labute approximate surface area is 153 Å². The van der Waals surface area contributed by atoms with Gasteiger partial charge in [-0.2, -0.15) is 0 Å². The first-order chi connectivity index (χ1) is 12.1. The molecule has 1 heterocycles. The van der Waals surface area contributed by atoms with Crippen molar-refractivity contribution < 1.29 is 9.53 Å². The summed E-state index contributed by atoms with van der Waals surface area (Å²) < 4.78 is 7.20. The van der Waals surface area contributed by atoms with E-state index in [1.807, 2.05) is 28.8 Å². The van der Waals surface area contributed by atoms with Crippen LogP contribution < -0.4 is 5.32 Å². The molecule has 1 amide bonds. The number of aromatic nitrogens is 3. The molecule has 0 saturated carbocycles. The number of hydrogen-bond donors (Lipinski definition) is 1. The van der Waals surface area contributed by atoms with Gasteiger partial charge >= 0.3 is 0 Å². The quantitative estimate of drug-likeness (QED) is 0.693. The molecule has 1 N–H and O–H groups in total. The predicted molar refractivity (Wildman–Crippen MR) is 101 cm³/mol. The van der Waals surface area contributed by atoms with E-state index in [1.165, 1.54) is 11.8 Å². The minimum Gasteiger partial charge on any atom is -0.383 e. The Morgan fingerprint density at radius 2 is 2.08 bits per heavy atom. The molecule has 25 heavy (non-hydrogen) atoms. The SMILES string of the molecule is CCc1ccccc1NC(=O)CSc1nnc(C(C)C)n1CCOC. The van der Waals surface area contributed by atoms with E-state index in [4.69, 9.17) is 4.74 Å². The van der Waals surface area contributed by atoms with Gasteiger partial charge in [0.2, 0.25) is 5.91 Å². The number of carbonyl (C=O) groups is 1. The lowest BCUT2D eigenvalue weighted by Gasteiger charge is -2.12. The molecule has 0 aliphatic carbocycles. The van der Waals surface area contributed by atoms with Crippen molar-refractivity contribution in [2.24, 2.45) is 0 Å². The standard InChI is InChI=1S/C18H26N4O2S/c1-5-14-8-6-7-9-15(14)19-16(23)12-25-18-21-20-17(13(2)3)22(18)10-11-24-4/h6-9,13H,5,10-12H2,1-4H3,(H,19,23). The van der Waals surface area contributed by atoms with E-state index in [0.717, 1.165) is 28.7 Å². The number of aryl methyl sites for hydroxylation is 1. The summed E-state index contributed by atoms with van der Waals surface area (Å²) in [6, 6.07) is 7.87. The van der Waals surface area contributed by atoms with E-state index >= 15 is 0 Å². The van der Waals surface area contributed by atoms with Crippen molar-refractivity contribution in [3.63, 3.8) is 0 Å². The average Bonchev–Trinajstić information content (AvgIpc) is 3.01. The summed E-state index contributed by atoms with van der Waals surface area (Å²) in [7, 11) is 1.67. The highest BCUT2D eigenvalue weighted by molar-refractivity contribution is 7.99. The van der Waals surface area contributed by atoms with Crippen LogP contribution in [0.2, 0.25) is 0 Å². The van der Waals surface area contributed by atoms with Crippen LogP contribution in [0.4, 0.5) is 5.69 Å². The van der Waals surface area contributed by atoms with Crippen LogP contribution in [0.25, 0.3) is 0 Å². The second-order valence-corrected chi connectivity index (χ2v) is 6.93.